The Morgan fingerprint density at radius 1 is 1.31 bits per heavy atom. The lowest BCUT2D eigenvalue weighted by Gasteiger charge is -2.07. The monoisotopic (exact) mass is 383 g/mol. The Hall–Kier alpha value is -2.75. The normalized spacial score (nSPS) is 11.6. The van der Waals surface area contributed by atoms with Crippen LogP contribution < -0.4 is 5.32 Å². The van der Waals surface area contributed by atoms with Crippen molar-refractivity contribution in [1.82, 2.24) is 14.8 Å². The van der Waals surface area contributed by atoms with E-state index in [-0.39, 0.29) is 22.0 Å². The number of aromatic nitrogens is 3. The van der Waals surface area contributed by atoms with Gasteiger partial charge in [0, 0.05) is 18.3 Å². The summed E-state index contributed by atoms with van der Waals surface area (Å²) in [5, 5.41) is 8.81. The molecule has 0 spiro atoms. The van der Waals surface area contributed by atoms with Gasteiger partial charge in [-0.2, -0.15) is 18.3 Å². The molecule has 2 aromatic heterocycles. The summed E-state index contributed by atoms with van der Waals surface area (Å²) in [6.45, 7) is 1.69. The minimum atomic E-state index is -4.62. The second-order valence-electron chi connectivity index (χ2n) is 5.39. The van der Waals surface area contributed by atoms with E-state index in [4.69, 9.17) is 0 Å². The van der Waals surface area contributed by atoms with E-state index < -0.39 is 23.6 Å². The number of carbonyl (C=O) groups is 1. The Labute approximate surface area is 149 Å². The summed E-state index contributed by atoms with van der Waals surface area (Å²) in [4.78, 5) is 16.0. The van der Waals surface area contributed by atoms with Crippen molar-refractivity contribution in [3.8, 4) is 11.3 Å². The van der Waals surface area contributed by atoms with E-state index in [1.165, 1.54) is 19.2 Å². The van der Waals surface area contributed by atoms with Crippen LogP contribution in [0.1, 0.15) is 21.2 Å². The summed E-state index contributed by atoms with van der Waals surface area (Å²) in [5.74, 6) is -1.31. The Bertz CT molecular complexity index is 977. The fraction of sp³-hybridized carbons (Fsp3) is 0.188. The van der Waals surface area contributed by atoms with Crippen LogP contribution in [0.3, 0.4) is 0 Å². The van der Waals surface area contributed by atoms with Gasteiger partial charge in [-0.1, -0.05) is 0 Å². The summed E-state index contributed by atoms with van der Waals surface area (Å²) in [7, 11) is 1.29. The molecule has 0 unspecified atom stereocenters. The zero-order valence-electron chi connectivity index (χ0n) is 13.5. The first-order chi connectivity index (χ1) is 12.1. The first-order valence-electron chi connectivity index (χ1n) is 7.23. The second-order valence-corrected chi connectivity index (χ2v) is 6.19. The molecule has 0 aliphatic carbocycles. The molecule has 1 amide bonds. The zero-order valence-corrected chi connectivity index (χ0v) is 14.3. The van der Waals surface area contributed by atoms with Gasteiger partial charge in [0.05, 0.1) is 16.8 Å². The van der Waals surface area contributed by atoms with Gasteiger partial charge in [-0.15, -0.1) is 11.3 Å². The Balaban J connectivity index is 1.86. The quantitative estimate of drug-likeness (QED) is 0.694. The van der Waals surface area contributed by atoms with Crippen LogP contribution in [0.5, 0.6) is 0 Å². The van der Waals surface area contributed by atoms with Crippen molar-refractivity contribution in [2.24, 2.45) is 7.05 Å². The van der Waals surface area contributed by atoms with Gasteiger partial charge in [0.25, 0.3) is 5.91 Å². The summed E-state index contributed by atoms with van der Waals surface area (Å²) in [6.07, 6.45) is -4.62. The Morgan fingerprint density at radius 3 is 2.58 bits per heavy atom. The largest absolute Gasteiger partial charge is 0.435 e. The van der Waals surface area contributed by atoms with Gasteiger partial charge in [0.1, 0.15) is 5.82 Å². The van der Waals surface area contributed by atoms with Crippen LogP contribution in [-0.2, 0) is 13.2 Å². The highest BCUT2D eigenvalue weighted by atomic mass is 32.1. The Kier molecular flexibility index (Phi) is 4.53. The standard InChI is InChI=1S/C16H11F4N4OS/c1-8-7-26-15(21-8)14(25)22-9-3-4-10(11(17)5-9)12-6-13(16(18,19)20)23-24(12)2/h3-6H,1-2H3,(H,22,25). The lowest BCUT2D eigenvalue weighted by atomic mass is 10.1. The summed E-state index contributed by atoms with van der Waals surface area (Å²) >= 11 is 1.03. The highest BCUT2D eigenvalue weighted by molar-refractivity contribution is 7.11. The number of rotatable bonds is 3. The van der Waals surface area contributed by atoms with Crippen molar-refractivity contribution in [3.63, 3.8) is 0 Å². The molecule has 0 bridgehead atoms. The maximum absolute atomic E-state index is 14.4. The van der Waals surface area contributed by atoms with Gasteiger partial charge >= 0.3 is 6.18 Å². The zero-order chi connectivity index (χ0) is 19.1. The molecule has 3 aromatic rings. The van der Waals surface area contributed by atoms with E-state index in [2.05, 4.69) is 20.8 Å². The molecule has 2 heterocycles. The van der Waals surface area contributed by atoms with Crippen LogP contribution in [0.15, 0.2) is 24.3 Å². The number of halogens is 4. The lowest BCUT2D eigenvalue weighted by molar-refractivity contribution is -0.141. The maximum atomic E-state index is 14.4. The number of carbonyl (C=O) groups excluding carboxylic acids is 1. The summed E-state index contributed by atoms with van der Waals surface area (Å²) in [6, 6.07) is 4.46. The number of alkyl halides is 3. The number of hydrogen-bond donors (Lipinski definition) is 1. The number of amides is 1. The Morgan fingerprint density at radius 2 is 2.04 bits per heavy atom. The van der Waals surface area contributed by atoms with Gasteiger partial charge in [-0.3, -0.25) is 9.48 Å². The molecule has 3 rings (SSSR count). The van der Waals surface area contributed by atoms with Crippen molar-refractivity contribution in [2.75, 3.05) is 5.32 Å². The van der Waals surface area contributed by atoms with Crippen LogP contribution in [0.25, 0.3) is 11.3 Å². The first-order valence-corrected chi connectivity index (χ1v) is 8.04. The third kappa shape index (κ3) is 3.59. The van der Waals surface area contributed by atoms with Gasteiger partial charge in [0.2, 0.25) is 0 Å². The first kappa shape index (κ1) is 18.1. The van der Waals surface area contributed by atoms with Crippen LogP contribution in [0.4, 0.5) is 23.2 Å². The lowest BCUT2D eigenvalue weighted by Crippen LogP contribution is -2.11. The average molecular weight is 383 g/mol. The highest BCUT2D eigenvalue weighted by Crippen LogP contribution is 2.32. The molecule has 0 aliphatic heterocycles. The number of hydrogen-bond acceptors (Lipinski definition) is 4. The molecule has 26 heavy (non-hydrogen) atoms. The molecule has 10 heteroatoms. The minimum Gasteiger partial charge on any atom is -0.320 e. The van der Waals surface area contributed by atoms with Gasteiger partial charge < -0.3 is 5.32 Å². The van der Waals surface area contributed by atoms with Gasteiger partial charge in [0.15, 0.2) is 10.7 Å². The van der Waals surface area contributed by atoms with Crippen molar-refractivity contribution >= 4 is 22.9 Å². The second kappa shape index (κ2) is 6.52. The number of aryl methyl sites for hydroxylation is 2. The third-order valence-electron chi connectivity index (χ3n) is 3.43. The minimum absolute atomic E-state index is 0.0298. The molecule has 0 saturated heterocycles. The van der Waals surface area contributed by atoms with E-state index in [0.717, 1.165) is 28.2 Å². The predicted molar refractivity (Wildman–Crippen MR) is 87.2 cm³/mol. The molecule has 1 aromatic carbocycles. The molecule has 0 atom stereocenters. The van der Waals surface area contributed by atoms with E-state index in [0.29, 0.717) is 5.69 Å². The van der Waals surface area contributed by atoms with Crippen molar-refractivity contribution < 1.29 is 22.4 Å². The van der Waals surface area contributed by atoms with Crippen LogP contribution in [0.2, 0.25) is 0 Å². The van der Waals surface area contributed by atoms with Crippen molar-refractivity contribution in [2.45, 2.75) is 13.1 Å². The molecule has 0 saturated carbocycles. The molecule has 5 nitrogen and oxygen atoms in total. The van der Waals surface area contributed by atoms with Crippen LogP contribution >= 0.6 is 11.3 Å². The molecule has 135 valence electrons. The number of benzene rings is 1. The fourth-order valence-corrected chi connectivity index (χ4v) is 2.88. The smallest absolute Gasteiger partial charge is 0.320 e. The van der Waals surface area contributed by atoms with Gasteiger partial charge in [-0.05, 0) is 31.2 Å². The summed E-state index contributed by atoms with van der Waals surface area (Å²) in [5.41, 5.74) is -0.479. The number of nitrogens with one attached hydrogen (secondary N) is 1. The van der Waals surface area contributed by atoms with Crippen LogP contribution in [0, 0.1) is 18.1 Å². The van der Waals surface area contributed by atoms with E-state index in [9.17, 15) is 22.4 Å². The molecule has 1 N–H and O–H groups in total. The van der Waals surface area contributed by atoms with E-state index in [1.807, 2.05) is 0 Å². The van der Waals surface area contributed by atoms with Crippen molar-refractivity contribution in [1.29, 1.82) is 0 Å². The number of anilines is 1. The third-order valence-corrected chi connectivity index (χ3v) is 4.30. The molecule has 1 radical (unpaired) electrons. The fourth-order valence-electron chi connectivity index (χ4n) is 2.26. The van der Waals surface area contributed by atoms with Crippen molar-refractivity contribution in [3.05, 3.63) is 51.9 Å². The number of thiazole rings is 1. The van der Waals surface area contributed by atoms with E-state index >= 15 is 0 Å². The molecule has 0 fully saturated rings. The average Bonchev–Trinajstić information content (AvgIpc) is 3.13. The highest BCUT2D eigenvalue weighted by Gasteiger charge is 2.35. The molecule has 0 aliphatic rings. The topological polar surface area (TPSA) is 59.8 Å². The van der Waals surface area contributed by atoms with E-state index in [1.54, 1.807) is 6.92 Å². The number of nitrogens with zero attached hydrogens (tertiary/aromatic N) is 3. The molecular formula is C16H11F4N4OS. The predicted octanol–water partition coefficient (Wildman–Crippen LogP) is 4.06. The SMILES string of the molecule is Cc1[c]sc(C(=O)Nc2ccc(-c3cc(C(F)(F)F)nn3C)c(F)c2)n1. The van der Waals surface area contributed by atoms with Crippen LogP contribution in [-0.4, -0.2) is 20.7 Å². The summed E-state index contributed by atoms with van der Waals surface area (Å²) < 4.78 is 53.6. The van der Waals surface area contributed by atoms with Gasteiger partial charge in [-0.25, -0.2) is 9.37 Å². The molecular weight excluding hydrogens is 372 g/mol. The maximum Gasteiger partial charge on any atom is 0.435 e.